The minimum Gasteiger partial charge on any atom is -0.364 e. The second kappa shape index (κ2) is 2.17. The van der Waals surface area contributed by atoms with E-state index in [1.807, 2.05) is 11.8 Å². The van der Waals surface area contributed by atoms with Gasteiger partial charge in [-0.15, -0.1) is 11.8 Å². The molecule has 0 N–H and O–H groups in total. The van der Waals surface area contributed by atoms with Gasteiger partial charge in [-0.05, 0) is 27.7 Å². The summed E-state index contributed by atoms with van der Waals surface area (Å²) in [7, 11) is 0. The van der Waals surface area contributed by atoms with Crippen molar-refractivity contribution in [3.63, 3.8) is 0 Å². The summed E-state index contributed by atoms with van der Waals surface area (Å²) < 4.78 is 5.86. The van der Waals surface area contributed by atoms with Crippen molar-refractivity contribution in [1.29, 1.82) is 0 Å². The summed E-state index contributed by atoms with van der Waals surface area (Å²) in [5, 5.41) is 0. The molecule has 9 heavy (non-hydrogen) atoms. The summed E-state index contributed by atoms with van der Waals surface area (Å²) >= 11 is 1.91. The van der Waals surface area contributed by atoms with Crippen molar-refractivity contribution < 1.29 is 4.74 Å². The molecule has 2 heteroatoms. The summed E-state index contributed by atoms with van der Waals surface area (Å²) in [6.45, 7) is 8.70. The van der Waals surface area contributed by atoms with Gasteiger partial charge in [0.2, 0.25) is 0 Å². The highest BCUT2D eigenvalue weighted by molar-refractivity contribution is 8.01. The third kappa shape index (κ3) is 1.41. The number of rotatable bonds is 0. The lowest BCUT2D eigenvalue weighted by Crippen LogP contribution is -2.25. The average molecular weight is 146 g/mol. The van der Waals surface area contributed by atoms with Gasteiger partial charge in [0.15, 0.2) is 0 Å². The van der Waals surface area contributed by atoms with E-state index < -0.39 is 0 Å². The van der Waals surface area contributed by atoms with Crippen LogP contribution < -0.4 is 0 Å². The number of hydrogen-bond donors (Lipinski definition) is 0. The molecule has 0 amide bonds. The van der Waals surface area contributed by atoms with Gasteiger partial charge in [-0.1, -0.05) is 0 Å². The largest absolute Gasteiger partial charge is 0.364 e. The van der Waals surface area contributed by atoms with Crippen LogP contribution >= 0.6 is 11.8 Å². The quantitative estimate of drug-likeness (QED) is 0.518. The van der Waals surface area contributed by atoms with Crippen LogP contribution in [0.1, 0.15) is 27.7 Å². The standard InChI is InChI=1S/C7H14OS/c1-5-7(3,4)9-6(2)8-5/h5-6H,1-4H3/t5-,6+/m0/s1. The fraction of sp³-hybridized carbons (Fsp3) is 1.00. The molecular weight excluding hydrogens is 132 g/mol. The van der Waals surface area contributed by atoms with Crippen LogP contribution in [0.25, 0.3) is 0 Å². The van der Waals surface area contributed by atoms with Gasteiger partial charge in [0.1, 0.15) is 5.44 Å². The van der Waals surface area contributed by atoms with E-state index in [1.165, 1.54) is 0 Å². The van der Waals surface area contributed by atoms with Crippen LogP contribution in [-0.4, -0.2) is 16.3 Å². The summed E-state index contributed by atoms with van der Waals surface area (Å²) in [5.74, 6) is 0. The predicted molar refractivity (Wildman–Crippen MR) is 41.7 cm³/mol. The monoisotopic (exact) mass is 146 g/mol. The lowest BCUT2D eigenvalue weighted by atomic mass is 10.1. The maximum Gasteiger partial charge on any atom is 0.101 e. The Morgan fingerprint density at radius 2 is 1.89 bits per heavy atom. The first kappa shape index (κ1) is 7.42. The minimum absolute atomic E-state index is 0.319. The summed E-state index contributed by atoms with van der Waals surface area (Å²) in [5.41, 5.74) is 0.384. The Labute approximate surface area is 61.2 Å². The van der Waals surface area contributed by atoms with Crippen LogP contribution in [0.4, 0.5) is 0 Å². The first-order valence-electron chi connectivity index (χ1n) is 3.35. The van der Waals surface area contributed by atoms with Gasteiger partial charge in [-0.3, -0.25) is 0 Å². The SMILES string of the molecule is C[C@@H]1O[C@@H](C)C(C)(C)S1. The number of ether oxygens (including phenoxy) is 1. The van der Waals surface area contributed by atoms with E-state index in [0.29, 0.717) is 16.3 Å². The molecule has 0 saturated carbocycles. The average Bonchev–Trinajstić information content (AvgIpc) is 1.79. The lowest BCUT2D eigenvalue weighted by Gasteiger charge is -2.19. The number of hydrogen-bond acceptors (Lipinski definition) is 2. The molecule has 54 valence electrons. The van der Waals surface area contributed by atoms with Crippen molar-refractivity contribution in [2.24, 2.45) is 0 Å². The van der Waals surface area contributed by atoms with Crippen LogP contribution in [0.5, 0.6) is 0 Å². The van der Waals surface area contributed by atoms with Crippen molar-refractivity contribution >= 4 is 11.8 Å². The van der Waals surface area contributed by atoms with Gasteiger partial charge in [-0.25, -0.2) is 0 Å². The maximum absolute atomic E-state index is 5.54. The summed E-state index contributed by atoms with van der Waals surface area (Å²) in [6.07, 6.45) is 0.400. The summed E-state index contributed by atoms with van der Waals surface area (Å²) in [4.78, 5) is 0. The van der Waals surface area contributed by atoms with Gasteiger partial charge in [0.05, 0.1) is 6.10 Å². The van der Waals surface area contributed by atoms with Crippen LogP contribution in [0.2, 0.25) is 0 Å². The first-order valence-corrected chi connectivity index (χ1v) is 4.23. The Balaban J connectivity index is 2.58. The van der Waals surface area contributed by atoms with E-state index in [4.69, 9.17) is 4.74 Å². The van der Waals surface area contributed by atoms with Crippen molar-refractivity contribution in [3.8, 4) is 0 Å². The van der Waals surface area contributed by atoms with Crippen LogP contribution in [0, 0.1) is 0 Å². The molecule has 1 aliphatic rings. The second-order valence-corrected chi connectivity index (χ2v) is 5.02. The molecule has 1 heterocycles. The zero-order chi connectivity index (χ0) is 7.07. The highest BCUT2D eigenvalue weighted by Crippen LogP contribution is 2.41. The summed E-state index contributed by atoms with van der Waals surface area (Å²) in [6, 6.07) is 0. The fourth-order valence-corrected chi connectivity index (χ4v) is 2.33. The molecule has 1 aliphatic heterocycles. The van der Waals surface area contributed by atoms with E-state index in [9.17, 15) is 0 Å². The Hall–Kier alpha value is 0.310. The zero-order valence-electron chi connectivity index (χ0n) is 6.47. The van der Waals surface area contributed by atoms with E-state index in [1.54, 1.807) is 0 Å². The fourth-order valence-electron chi connectivity index (χ4n) is 1.00. The third-order valence-corrected chi connectivity index (χ3v) is 3.23. The Morgan fingerprint density at radius 3 is 2.00 bits per heavy atom. The first-order chi connectivity index (χ1) is 4.02. The Morgan fingerprint density at radius 1 is 1.33 bits per heavy atom. The molecule has 0 bridgehead atoms. The van der Waals surface area contributed by atoms with Crippen molar-refractivity contribution in [2.75, 3.05) is 0 Å². The lowest BCUT2D eigenvalue weighted by molar-refractivity contribution is 0.0605. The highest BCUT2D eigenvalue weighted by Gasteiger charge is 2.37. The van der Waals surface area contributed by atoms with E-state index in [2.05, 4.69) is 27.7 Å². The van der Waals surface area contributed by atoms with Gasteiger partial charge in [-0.2, -0.15) is 0 Å². The zero-order valence-corrected chi connectivity index (χ0v) is 7.29. The van der Waals surface area contributed by atoms with Crippen LogP contribution in [0.15, 0.2) is 0 Å². The third-order valence-electron chi connectivity index (χ3n) is 1.84. The molecule has 0 aromatic rings. The minimum atomic E-state index is 0.319. The molecule has 2 atom stereocenters. The molecular formula is C7H14OS. The van der Waals surface area contributed by atoms with Crippen molar-refractivity contribution in [3.05, 3.63) is 0 Å². The van der Waals surface area contributed by atoms with E-state index in [0.717, 1.165) is 0 Å². The molecule has 0 aromatic heterocycles. The van der Waals surface area contributed by atoms with E-state index >= 15 is 0 Å². The van der Waals surface area contributed by atoms with Gasteiger partial charge in [0, 0.05) is 4.75 Å². The predicted octanol–water partition coefficient (Wildman–Crippen LogP) is 2.26. The normalized spacial score (nSPS) is 41.3. The van der Waals surface area contributed by atoms with E-state index in [-0.39, 0.29) is 0 Å². The molecule has 1 rings (SSSR count). The maximum atomic E-state index is 5.54. The van der Waals surface area contributed by atoms with Crippen LogP contribution in [0.3, 0.4) is 0 Å². The molecule has 0 aromatic carbocycles. The molecule has 1 saturated heterocycles. The molecule has 0 aliphatic carbocycles. The van der Waals surface area contributed by atoms with Gasteiger partial charge in [0.25, 0.3) is 0 Å². The Bertz CT molecular complexity index is 111. The topological polar surface area (TPSA) is 9.23 Å². The smallest absolute Gasteiger partial charge is 0.101 e. The highest BCUT2D eigenvalue weighted by atomic mass is 32.2. The Kier molecular flexibility index (Phi) is 1.79. The van der Waals surface area contributed by atoms with Gasteiger partial charge >= 0.3 is 0 Å². The molecule has 0 spiro atoms. The molecule has 0 unspecified atom stereocenters. The number of thioether (sulfide) groups is 1. The van der Waals surface area contributed by atoms with Crippen molar-refractivity contribution in [2.45, 2.75) is 44.0 Å². The van der Waals surface area contributed by atoms with Crippen LogP contribution in [-0.2, 0) is 4.74 Å². The van der Waals surface area contributed by atoms with Gasteiger partial charge < -0.3 is 4.74 Å². The molecule has 1 nitrogen and oxygen atoms in total. The van der Waals surface area contributed by atoms with Crippen molar-refractivity contribution in [1.82, 2.24) is 0 Å². The second-order valence-electron chi connectivity index (χ2n) is 3.07. The molecule has 0 radical (unpaired) electrons. The molecule has 1 fully saturated rings.